The van der Waals surface area contributed by atoms with Crippen molar-refractivity contribution in [1.29, 1.82) is 0 Å². The van der Waals surface area contributed by atoms with Crippen molar-refractivity contribution < 1.29 is 4.79 Å². The molecule has 0 radical (unpaired) electrons. The Morgan fingerprint density at radius 2 is 2.16 bits per heavy atom. The molecule has 0 saturated heterocycles. The highest BCUT2D eigenvalue weighted by atomic mass is 32.1. The third-order valence-electron chi connectivity index (χ3n) is 4.29. The molecule has 3 rings (SSSR count). The third-order valence-corrected chi connectivity index (χ3v) is 5.32. The van der Waals surface area contributed by atoms with E-state index in [-0.39, 0.29) is 5.91 Å². The van der Waals surface area contributed by atoms with Gasteiger partial charge in [0.15, 0.2) is 5.13 Å². The topological polar surface area (TPSA) is 71.2 Å². The first-order valence-corrected chi connectivity index (χ1v) is 9.64. The van der Waals surface area contributed by atoms with Crippen molar-refractivity contribution in [3.63, 3.8) is 0 Å². The fourth-order valence-corrected chi connectivity index (χ4v) is 3.93. The van der Waals surface area contributed by atoms with Crippen LogP contribution in [0.4, 0.5) is 5.13 Å². The highest BCUT2D eigenvalue weighted by Crippen LogP contribution is 2.31. The fraction of sp³-hybridized carbons (Fsp3) is 0.474. The van der Waals surface area contributed by atoms with Crippen LogP contribution in [0.2, 0.25) is 0 Å². The van der Waals surface area contributed by atoms with Crippen LogP contribution in [-0.4, -0.2) is 35.9 Å². The van der Waals surface area contributed by atoms with Crippen LogP contribution in [0.15, 0.2) is 24.3 Å². The van der Waals surface area contributed by atoms with Crippen molar-refractivity contribution in [2.24, 2.45) is 5.73 Å². The maximum absolute atomic E-state index is 12.4. The van der Waals surface area contributed by atoms with Gasteiger partial charge < -0.3 is 10.6 Å². The van der Waals surface area contributed by atoms with E-state index in [2.05, 4.69) is 29.3 Å². The van der Waals surface area contributed by atoms with E-state index >= 15 is 0 Å². The Hall–Kier alpha value is -1.76. The summed E-state index contributed by atoms with van der Waals surface area (Å²) < 4.78 is 0. The molecule has 0 saturated carbocycles. The summed E-state index contributed by atoms with van der Waals surface area (Å²) in [5, 5.41) is 3.62. The molecule has 1 atom stereocenters. The Balaban J connectivity index is 0.00000109. The highest BCUT2D eigenvalue weighted by Gasteiger charge is 2.24. The molecule has 25 heavy (non-hydrogen) atoms. The minimum atomic E-state index is -0.129. The van der Waals surface area contributed by atoms with Gasteiger partial charge in [-0.25, -0.2) is 4.98 Å². The lowest BCUT2D eigenvalue weighted by atomic mass is 9.97. The summed E-state index contributed by atoms with van der Waals surface area (Å²) in [6.45, 7) is 4.43. The monoisotopic (exact) mass is 360 g/mol. The van der Waals surface area contributed by atoms with E-state index in [4.69, 9.17) is 5.73 Å². The predicted octanol–water partition coefficient (Wildman–Crippen LogP) is 3.30. The summed E-state index contributed by atoms with van der Waals surface area (Å²) in [7, 11) is 4.23. The minimum Gasteiger partial charge on any atom is -0.326 e. The van der Waals surface area contributed by atoms with Crippen LogP contribution in [0.25, 0.3) is 0 Å². The lowest BCUT2D eigenvalue weighted by Crippen LogP contribution is -2.32. The van der Waals surface area contributed by atoms with Crippen LogP contribution < -0.4 is 11.1 Å². The van der Waals surface area contributed by atoms with Gasteiger partial charge in [-0.1, -0.05) is 26.0 Å². The molecular formula is C19H28N4OS. The van der Waals surface area contributed by atoms with Gasteiger partial charge in [-0.3, -0.25) is 10.1 Å². The largest absolute Gasteiger partial charge is 0.326 e. The van der Waals surface area contributed by atoms with E-state index in [1.165, 1.54) is 4.88 Å². The van der Waals surface area contributed by atoms with E-state index in [0.29, 0.717) is 23.3 Å². The molecule has 1 heterocycles. The average Bonchev–Trinajstić information content (AvgIpc) is 3.04. The first-order valence-electron chi connectivity index (χ1n) is 8.82. The molecule has 1 aliphatic rings. The van der Waals surface area contributed by atoms with Crippen LogP contribution in [0.3, 0.4) is 0 Å². The van der Waals surface area contributed by atoms with Gasteiger partial charge in [0.25, 0.3) is 5.91 Å². The van der Waals surface area contributed by atoms with E-state index in [0.717, 1.165) is 30.5 Å². The van der Waals surface area contributed by atoms with Gasteiger partial charge in [0, 0.05) is 23.0 Å². The minimum absolute atomic E-state index is 0.129. The molecule has 3 N–H and O–H groups in total. The van der Waals surface area contributed by atoms with Crippen molar-refractivity contribution >= 4 is 22.4 Å². The molecule has 1 unspecified atom stereocenters. The maximum atomic E-state index is 12.4. The summed E-state index contributed by atoms with van der Waals surface area (Å²) in [5.74, 6) is -0.129. The first-order chi connectivity index (χ1) is 12.1. The third kappa shape index (κ3) is 4.87. The number of rotatable bonds is 4. The number of amides is 1. The lowest BCUT2D eigenvalue weighted by Gasteiger charge is -2.27. The summed E-state index contributed by atoms with van der Waals surface area (Å²) >= 11 is 1.60. The van der Waals surface area contributed by atoms with Crippen LogP contribution in [0.1, 0.15) is 46.8 Å². The lowest BCUT2D eigenvalue weighted by molar-refractivity contribution is 0.102. The zero-order valence-corrected chi connectivity index (χ0v) is 16.3. The fourth-order valence-electron chi connectivity index (χ4n) is 2.86. The number of hydrogen-bond acceptors (Lipinski definition) is 5. The number of anilines is 1. The van der Waals surface area contributed by atoms with Crippen molar-refractivity contribution in [2.75, 3.05) is 19.4 Å². The molecule has 0 bridgehead atoms. The first kappa shape index (κ1) is 19.6. The number of fused-ring (bicyclic) bond motifs is 1. The summed E-state index contributed by atoms with van der Waals surface area (Å²) in [6.07, 6.45) is 3.11. The van der Waals surface area contributed by atoms with Gasteiger partial charge in [0.05, 0.1) is 5.69 Å². The zero-order chi connectivity index (χ0) is 18.4. The van der Waals surface area contributed by atoms with Crippen LogP contribution in [0, 0.1) is 0 Å². The molecule has 0 spiro atoms. The second-order valence-electron chi connectivity index (χ2n) is 6.11. The molecular weight excluding hydrogens is 332 g/mol. The second kappa shape index (κ2) is 9.08. The standard InChI is InChI=1S/C17H22N4OS.C2H6/c1-21(2)13-6-7-14-15(9-13)23-17(19-14)20-16(22)12-5-3-4-11(8-12)10-18;1-2/h3-5,8,13H,6-7,9-10,18H2,1-2H3,(H,19,20,22);1-2H3. The predicted molar refractivity (Wildman–Crippen MR) is 105 cm³/mol. The Morgan fingerprint density at radius 1 is 1.40 bits per heavy atom. The van der Waals surface area contributed by atoms with Crippen molar-refractivity contribution in [3.05, 3.63) is 46.0 Å². The number of hydrogen-bond donors (Lipinski definition) is 2. The van der Waals surface area contributed by atoms with Crippen molar-refractivity contribution in [1.82, 2.24) is 9.88 Å². The number of carbonyl (C=O) groups is 1. The van der Waals surface area contributed by atoms with E-state index in [1.807, 2.05) is 32.0 Å². The smallest absolute Gasteiger partial charge is 0.257 e. The molecule has 5 nitrogen and oxygen atoms in total. The Kier molecular flexibility index (Phi) is 7.11. The number of nitrogens with zero attached hydrogens (tertiary/aromatic N) is 2. The summed E-state index contributed by atoms with van der Waals surface area (Å²) in [6, 6.07) is 7.95. The molecule has 1 amide bonds. The second-order valence-corrected chi connectivity index (χ2v) is 7.19. The Labute approximate surface area is 154 Å². The summed E-state index contributed by atoms with van der Waals surface area (Å²) in [4.78, 5) is 20.5. The van der Waals surface area contributed by atoms with Crippen LogP contribution in [-0.2, 0) is 19.4 Å². The van der Waals surface area contributed by atoms with Crippen LogP contribution in [0.5, 0.6) is 0 Å². The number of benzene rings is 1. The zero-order valence-electron chi connectivity index (χ0n) is 15.5. The normalized spacial score (nSPS) is 16.0. The highest BCUT2D eigenvalue weighted by molar-refractivity contribution is 7.15. The Bertz CT molecular complexity index is 711. The van der Waals surface area contributed by atoms with Crippen molar-refractivity contribution in [3.8, 4) is 0 Å². The number of nitrogens with two attached hydrogens (primary N) is 1. The van der Waals surface area contributed by atoms with E-state index in [1.54, 1.807) is 17.4 Å². The van der Waals surface area contributed by atoms with Gasteiger partial charge in [-0.2, -0.15) is 0 Å². The van der Waals surface area contributed by atoms with Crippen molar-refractivity contribution in [2.45, 2.75) is 45.7 Å². The molecule has 6 heteroatoms. The number of aryl methyl sites for hydroxylation is 1. The van der Waals surface area contributed by atoms with Gasteiger partial charge in [-0.15, -0.1) is 11.3 Å². The van der Waals surface area contributed by atoms with Gasteiger partial charge >= 0.3 is 0 Å². The molecule has 136 valence electrons. The molecule has 1 aromatic heterocycles. The van der Waals surface area contributed by atoms with Gasteiger partial charge in [0.2, 0.25) is 0 Å². The van der Waals surface area contributed by atoms with E-state index in [9.17, 15) is 4.79 Å². The number of thiazole rings is 1. The van der Waals surface area contributed by atoms with Gasteiger partial charge in [-0.05, 0) is 51.1 Å². The SMILES string of the molecule is CC.CN(C)C1CCc2nc(NC(=O)c3cccc(CN)c3)sc2C1. The van der Waals surface area contributed by atoms with Crippen LogP contribution >= 0.6 is 11.3 Å². The molecule has 2 aromatic rings. The molecule has 1 aromatic carbocycles. The molecule has 0 aliphatic heterocycles. The Morgan fingerprint density at radius 3 is 2.84 bits per heavy atom. The number of likely N-dealkylation sites (N-methyl/N-ethyl adjacent to an activating group) is 1. The number of nitrogens with one attached hydrogen (secondary N) is 1. The number of carbonyl (C=O) groups excluding carboxylic acids is 1. The van der Waals surface area contributed by atoms with Gasteiger partial charge in [0.1, 0.15) is 0 Å². The maximum Gasteiger partial charge on any atom is 0.257 e. The average molecular weight is 361 g/mol. The number of aromatic nitrogens is 1. The molecule has 0 fully saturated rings. The quantitative estimate of drug-likeness (QED) is 0.877. The summed E-state index contributed by atoms with van der Waals surface area (Å²) in [5.41, 5.74) is 8.33. The van der Waals surface area contributed by atoms with E-state index < -0.39 is 0 Å². The molecule has 1 aliphatic carbocycles.